The Bertz CT molecular complexity index is 707. The van der Waals surface area contributed by atoms with Crippen molar-refractivity contribution in [3.05, 3.63) is 58.7 Å². The zero-order chi connectivity index (χ0) is 14.6. The van der Waals surface area contributed by atoms with E-state index in [0.29, 0.717) is 16.5 Å². The van der Waals surface area contributed by atoms with Gasteiger partial charge in [-0.05, 0) is 42.5 Å². The number of hydrogen-bond acceptors (Lipinski definition) is 4. The third-order valence-corrected chi connectivity index (χ3v) is 4.20. The van der Waals surface area contributed by atoms with E-state index in [1.54, 1.807) is 24.3 Å². The third kappa shape index (κ3) is 3.59. The monoisotopic (exact) mass is 309 g/mol. The van der Waals surface area contributed by atoms with Gasteiger partial charge in [-0.25, -0.2) is 8.42 Å². The van der Waals surface area contributed by atoms with Gasteiger partial charge in [-0.1, -0.05) is 11.6 Å². The summed E-state index contributed by atoms with van der Waals surface area (Å²) in [5, 5.41) is 1.62. The quantitative estimate of drug-likeness (QED) is 0.870. The Labute approximate surface area is 122 Å². The zero-order valence-corrected chi connectivity index (χ0v) is 12.2. The summed E-state index contributed by atoms with van der Waals surface area (Å²) in [5.74, 6) is 0.604. The predicted molar refractivity (Wildman–Crippen MR) is 78.5 cm³/mol. The molecule has 0 atom stereocenters. The van der Waals surface area contributed by atoms with Gasteiger partial charge < -0.3 is 4.74 Å². The Morgan fingerprint density at radius 1 is 1.15 bits per heavy atom. The molecule has 20 heavy (non-hydrogen) atoms. The molecule has 0 aliphatic rings. The lowest BCUT2D eigenvalue weighted by Gasteiger charge is -2.01. The summed E-state index contributed by atoms with van der Waals surface area (Å²) in [6.07, 6.45) is 2.89. The third-order valence-electron chi connectivity index (χ3n) is 2.56. The average molecular weight is 310 g/mol. The Balaban J connectivity index is 2.23. The van der Waals surface area contributed by atoms with Crippen molar-refractivity contribution < 1.29 is 13.2 Å². The smallest absolute Gasteiger partial charge is 0.199 e. The van der Waals surface area contributed by atoms with Crippen LogP contribution >= 0.6 is 11.6 Å². The zero-order valence-electron chi connectivity index (χ0n) is 10.7. The second-order valence-electron chi connectivity index (χ2n) is 3.92. The highest BCUT2D eigenvalue weighted by Gasteiger charge is 2.10. The Morgan fingerprint density at radius 2 is 1.85 bits per heavy atom. The summed E-state index contributed by atoms with van der Waals surface area (Å²) < 4.78 is 29.2. The van der Waals surface area contributed by atoms with Gasteiger partial charge in [0.2, 0.25) is 0 Å². The van der Waals surface area contributed by atoms with E-state index >= 15 is 0 Å². The van der Waals surface area contributed by atoms with Crippen molar-refractivity contribution in [3.8, 4) is 5.75 Å². The number of benzene rings is 1. The van der Waals surface area contributed by atoms with E-state index in [9.17, 15) is 8.42 Å². The van der Waals surface area contributed by atoms with Crippen LogP contribution in [0.25, 0.3) is 6.08 Å². The van der Waals surface area contributed by atoms with Crippen LogP contribution in [-0.2, 0) is 9.84 Å². The van der Waals surface area contributed by atoms with Crippen molar-refractivity contribution in [2.24, 2.45) is 0 Å². The number of methoxy groups -OCH3 is 1. The van der Waals surface area contributed by atoms with Crippen LogP contribution in [0.5, 0.6) is 5.75 Å². The molecule has 0 aliphatic carbocycles. The minimum absolute atomic E-state index is 0.198. The van der Waals surface area contributed by atoms with Gasteiger partial charge in [0.1, 0.15) is 5.75 Å². The van der Waals surface area contributed by atoms with Crippen molar-refractivity contribution in [2.45, 2.75) is 4.90 Å². The fourth-order valence-electron chi connectivity index (χ4n) is 1.49. The fourth-order valence-corrected chi connectivity index (χ4v) is 2.59. The Hall–Kier alpha value is -1.85. The van der Waals surface area contributed by atoms with Crippen molar-refractivity contribution >= 4 is 27.5 Å². The maximum Gasteiger partial charge on any atom is 0.199 e. The lowest BCUT2D eigenvalue weighted by molar-refractivity contribution is 0.414. The van der Waals surface area contributed by atoms with Gasteiger partial charge in [0, 0.05) is 11.6 Å². The van der Waals surface area contributed by atoms with Gasteiger partial charge in [-0.2, -0.15) is 0 Å². The van der Waals surface area contributed by atoms with E-state index in [4.69, 9.17) is 16.3 Å². The number of sulfone groups is 1. The minimum Gasteiger partial charge on any atom is -0.497 e. The maximum atomic E-state index is 12.1. The van der Waals surface area contributed by atoms with E-state index < -0.39 is 9.84 Å². The lowest BCUT2D eigenvalue weighted by atomic mass is 10.3. The molecule has 0 N–H and O–H groups in total. The number of ether oxygens (including phenoxy) is 1. The first-order valence-corrected chi connectivity index (χ1v) is 7.62. The minimum atomic E-state index is -3.50. The van der Waals surface area contributed by atoms with Gasteiger partial charge in [-0.3, -0.25) is 4.98 Å². The van der Waals surface area contributed by atoms with Crippen LogP contribution < -0.4 is 4.74 Å². The number of nitrogens with zero attached hydrogens (tertiary/aromatic N) is 1. The van der Waals surface area contributed by atoms with Gasteiger partial charge in [0.25, 0.3) is 0 Å². The lowest BCUT2D eigenvalue weighted by Crippen LogP contribution is -1.96. The average Bonchev–Trinajstić information content (AvgIpc) is 2.47. The molecule has 104 valence electrons. The number of hydrogen-bond donors (Lipinski definition) is 0. The molecule has 1 aromatic carbocycles. The molecule has 0 radical (unpaired) electrons. The van der Waals surface area contributed by atoms with Crippen LogP contribution in [0.15, 0.2) is 52.9 Å². The summed E-state index contributed by atoms with van der Waals surface area (Å²) in [5.41, 5.74) is 0.520. The van der Waals surface area contributed by atoms with Gasteiger partial charge in [0.15, 0.2) is 9.84 Å². The molecule has 2 aromatic rings. The molecule has 4 nitrogen and oxygen atoms in total. The largest absolute Gasteiger partial charge is 0.497 e. The summed E-state index contributed by atoms with van der Waals surface area (Å²) in [4.78, 5) is 4.20. The number of rotatable bonds is 4. The van der Waals surface area contributed by atoms with Gasteiger partial charge in [-0.15, -0.1) is 0 Å². The summed E-state index contributed by atoms with van der Waals surface area (Å²) >= 11 is 5.71. The first-order chi connectivity index (χ1) is 9.51. The highest BCUT2D eigenvalue weighted by molar-refractivity contribution is 7.94. The van der Waals surface area contributed by atoms with Crippen molar-refractivity contribution in [1.82, 2.24) is 4.98 Å². The summed E-state index contributed by atoms with van der Waals surface area (Å²) in [7, 11) is -1.98. The second kappa shape index (κ2) is 6.07. The number of pyridine rings is 1. The molecule has 0 amide bonds. The van der Waals surface area contributed by atoms with Crippen molar-refractivity contribution in [3.63, 3.8) is 0 Å². The van der Waals surface area contributed by atoms with Crippen LogP contribution in [-0.4, -0.2) is 20.5 Å². The fraction of sp³-hybridized carbons (Fsp3) is 0.0714. The van der Waals surface area contributed by atoms with Crippen molar-refractivity contribution in [2.75, 3.05) is 7.11 Å². The van der Waals surface area contributed by atoms with E-state index in [-0.39, 0.29) is 4.90 Å². The second-order valence-corrected chi connectivity index (χ2v) is 6.19. The molecule has 0 unspecified atom stereocenters. The predicted octanol–water partition coefficient (Wildman–Crippen LogP) is 3.19. The van der Waals surface area contributed by atoms with Crippen LogP contribution in [0.3, 0.4) is 0 Å². The molecule has 0 aliphatic heterocycles. The molecule has 0 fully saturated rings. The van der Waals surface area contributed by atoms with Gasteiger partial charge >= 0.3 is 0 Å². The first-order valence-electron chi connectivity index (χ1n) is 5.70. The molecule has 0 spiro atoms. The van der Waals surface area contributed by atoms with Crippen LogP contribution in [0, 0.1) is 0 Å². The number of halogens is 1. The van der Waals surface area contributed by atoms with Gasteiger partial charge in [0.05, 0.1) is 22.7 Å². The molecule has 2 rings (SSSR count). The molecule has 0 bridgehead atoms. The Morgan fingerprint density at radius 3 is 2.40 bits per heavy atom. The van der Waals surface area contributed by atoms with E-state index in [2.05, 4.69) is 4.98 Å². The van der Waals surface area contributed by atoms with Crippen LogP contribution in [0.4, 0.5) is 0 Å². The van der Waals surface area contributed by atoms with E-state index in [1.165, 1.54) is 31.5 Å². The number of aromatic nitrogens is 1. The highest BCUT2D eigenvalue weighted by atomic mass is 35.5. The van der Waals surface area contributed by atoms with Crippen LogP contribution in [0.2, 0.25) is 5.02 Å². The summed E-state index contributed by atoms with van der Waals surface area (Å²) in [6, 6.07) is 9.47. The standard InChI is InChI=1S/C14H12ClNO3S/c1-19-13-4-6-14(7-5-13)20(17,18)9-8-12-3-2-11(15)10-16-12/h2-10H,1H3/b9-8+. The molecule has 1 heterocycles. The molecular weight excluding hydrogens is 298 g/mol. The highest BCUT2D eigenvalue weighted by Crippen LogP contribution is 2.18. The van der Waals surface area contributed by atoms with E-state index in [1.807, 2.05) is 0 Å². The maximum absolute atomic E-state index is 12.1. The van der Waals surface area contributed by atoms with Crippen molar-refractivity contribution in [1.29, 1.82) is 0 Å². The summed E-state index contributed by atoms with van der Waals surface area (Å²) in [6.45, 7) is 0. The Kier molecular flexibility index (Phi) is 4.42. The van der Waals surface area contributed by atoms with E-state index in [0.717, 1.165) is 5.41 Å². The van der Waals surface area contributed by atoms with Crippen LogP contribution in [0.1, 0.15) is 5.69 Å². The molecule has 6 heteroatoms. The molecular formula is C14H12ClNO3S. The topological polar surface area (TPSA) is 56.3 Å². The molecule has 0 saturated carbocycles. The first kappa shape index (κ1) is 14.6. The molecule has 0 saturated heterocycles. The molecule has 1 aromatic heterocycles. The normalized spacial score (nSPS) is 11.7. The SMILES string of the molecule is COc1ccc(S(=O)(=O)/C=C/c2ccc(Cl)cn2)cc1.